The number of rotatable bonds is 11. The second-order valence-corrected chi connectivity index (χ2v) is 5.28. The van der Waals surface area contributed by atoms with Gasteiger partial charge in [0, 0.05) is 32.7 Å². The van der Waals surface area contributed by atoms with Crippen LogP contribution in [-0.4, -0.2) is 69.2 Å². The second kappa shape index (κ2) is 11.2. The van der Waals surface area contributed by atoms with Crippen LogP contribution in [0.4, 0.5) is 0 Å². The Morgan fingerprint density at radius 2 is 1.95 bits per heavy atom. The van der Waals surface area contributed by atoms with Gasteiger partial charge in [-0.3, -0.25) is 4.79 Å². The van der Waals surface area contributed by atoms with Crippen molar-refractivity contribution in [3.63, 3.8) is 0 Å². The zero-order valence-corrected chi connectivity index (χ0v) is 13.0. The summed E-state index contributed by atoms with van der Waals surface area (Å²) in [5.41, 5.74) is 5.94. The number of methoxy groups -OCH3 is 1. The van der Waals surface area contributed by atoms with Gasteiger partial charge in [-0.05, 0) is 33.5 Å². The minimum Gasteiger partial charge on any atom is -0.383 e. The molecule has 0 aromatic carbocycles. The van der Waals surface area contributed by atoms with Crippen molar-refractivity contribution in [2.75, 3.05) is 47.4 Å². The Kier molecular flexibility index (Phi) is 10.8. The molecule has 0 aromatic heterocycles. The van der Waals surface area contributed by atoms with E-state index < -0.39 is 0 Å². The average molecular weight is 273 g/mol. The Balaban J connectivity index is 4.17. The van der Waals surface area contributed by atoms with Crippen molar-refractivity contribution in [1.82, 2.24) is 9.80 Å². The lowest BCUT2D eigenvalue weighted by Crippen LogP contribution is -2.39. The SMILES string of the molecule is CCCC(N)CC(=O)N(CCCN(C)C)CCOC. The maximum absolute atomic E-state index is 12.2. The van der Waals surface area contributed by atoms with Crippen LogP contribution in [0.3, 0.4) is 0 Å². The molecule has 0 aliphatic carbocycles. The molecular formula is C14H31N3O2. The molecule has 2 N–H and O–H groups in total. The van der Waals surface area contributed by atoms with Gasteiger partial charge in [0.15, 0.2) is 0 Å². The van der Waals surface area contributed by atoms with Gasteiger partial charge in [0.05, 0.1) is 6.61 Å². The van der Waals surface area contributed by atoms with Crippen LogP contribution in [0.25, 0.3) is 0 Å². The monoisotopic (exact) mass is 273 g/mol. The first-order chi connectivity index (χ1) is 9.01. The molecule has 0 spiro atoms. The van der Waals surface area contributed by atoms with Crippen molar-refractivity contribution >= 4 is 5.91 Å². The van der Waals surface area contributed by atoms with E-state index >= 15 is 0 Å². The van der Waals surface area contributed by atoms with E-state index in [4.69, 9.17) is 10.5 Å². The number of nitrogens with two attached hydrogens (primary N) is 1. The Morgan fingerprint density at radius 1 is 1.26 bits per heavy atom. The zero-order chi connectivity index (χ0) is 14.7. The van der Waals surface area contributed by atoms with E-state index in [-0.39, 0.29) is 11.9 Å². The Morgan fingerprint density at radius 3 is 2.47 bits per heavy atom. The summed E-state index contributed by atoms with van der Waals surface area (Å²) in [6.45, 7) is 5.08. The van der Waals surface area contributed by atoms with Crippen molar-refractivity contribution in [2.45, 2.75) is 38.6 Å². The Bertz CT molecular complexity index is 235. The maximum Gasteiger partial charge on any atom is 0.224 e. The third-order valence-corrected chi connectivity index (χ3v) is 3.05. The van der Waals surface area contributed by atoms with Crippen LogP contribution in [0.2, 0.25) is 0 Å². The summed E-state index contributed by atoms with van der Waals surface area (Å²) in [5, 5.41) is 0. The normalized spacial score (nSPS) is 12.7. The van der Waals surface area contributed by atoms with Gasteiger partial charge in [0.1, 0.15) is 0 Å². The molecule has 1 unspecified atom stereocenters. The first kappa shape index (κ1) is 18.4. The lowest BCUT2D eigenvalue weighted by molar-refractivity contribution is -0.132. The highest BCUT2D eigenvalue weighted by Gasteiger charge is 2.16. The van der Waals surface area contributed by atoms with Gasteiger partial charge in [-0.15, -0.1) is 0 Å². The fraction of sp³-hybridized carbons (Fsp3) is 0.929. The van der Waals surface area contributed by atoms with Gasteiger partial charge in [0.25, 0.3) is 0 Å². The lowest BCUT2D eigenvalue weighted by Gasteiger charge is -2.24. The smallest absolute Gasteiger partial charge is 0.224 e. The molecule has 0 aliphatic heterocycles. The molecule has 1 atom stereocenters. The van der Waals surface area contributed by atoms with E-state index in [1.807, 2.05) is 19.0 Å². The quantitative estimate of drug-likeness (QED) is 0.608. The van der Waals surface area contributed by atoms with Crippen LogP contribution in [0.1, 0.15) is 32.6 Å². The predicted octanol–water partition coefficient (Wildman–Crippen LogP) is 0.931. The molecule has 0 rings (SSSR count). The molecule has 0 heterocycles. The molecule has 0 bridgehead atoms. The number of amides is 1. The van der Waals surface area contributed by atoms with Crippen LogP contribution in [-0.2, 0) is 9.53 Å². The summed E-state index contributed by atoms with van der Waals surface area (Å²) in [4.78, 5) is 16.2. The Hall–Kier alpha value is -0.650. The van der Waals surface area contributed by atoms with E-state index in [1.165, 1.54) is 0 Å². The number of hydrogen-bond acceptors (Lipinski definition) is 4. The summed E-state index contributed by atoms with van der Waals surface area (Å²) in [6.07, 6.45) is 3.35. The molecule has 114 valence electrons. The first-order valence-electron chi connectivity index (χ1n) is 7.18. The van der Waals surface area contributed by atoms with Crippen molar-refractivity contribution in [2.24, 2.45) is 5.73 Å². The number of hydrogen-bond donors (Lipinski definition) is 1. The number of carbonyl (C=O) groups is 1. The molecule has 0 aromatic rings. The molecule has 19 heavy (non-hydrogen) atoms. The molecule has 1 amide bonds. The van der Waals surface area contributed by atoms with E-state index in [9.17, 15) is 4.79 Å². The van der Waals surface area contributed by atoms with Gasteiger partial charge in [-0.25, -0.2) is 0 Å². The van der Waals surface area contributed by atoms with Crippen molar-refractivity contribution in [3.8, 4) is 0 Å². The van der Waals surface area contributed by atoms with Crippen molar-refractivity contribution in [3.05, 3.63) is 0 Å². The topological polar surface area (TPSA) is 58.8 Å². The molecule has 0 aliphatic rings. The van der Waals surface area contributed by atoms with Crippen LogP contribution in [0, 0.1) is 0 Å². The highest BCUT2D eigenvalue weighted by Crippen LogP contribution is 2.04. The number of nitrogens with zero attached hydrogens (tertiary/aromatic N) is 2. The summed E-state index contributed by atoms with van der Waals surface area (Å²) in [5.74, 6) is 0.150. The molecule has 0 fully saturated rings. The minimum atomic E-state index is -0.0172. The van der Waals surface area contributed by atoms with Gasteiger partial charge >= 0.3 is 0 Å². The van der Waals surface area contributed by atoms with E-state index in [0.717, 1.165) is 32.4 Å². The molecule has 5 heteroatoms. The van der Waals surface area contributed by atoms with Crippen molar-refractivity contribution in [1.29, 1.82) is 0 Å². The Labute approximate surface area is 118 Å². The van der Waals surface area contributed by atoms with Gasteiger partial charge < -0.3 is 20.3 Å². The minimum absolute atomic E-state index is 0.0172. The fourth-order valence-electron chi connectivity index (χ4n) is 1.97. The third kappa shape index (κ3) is 9.87. The lowest BCUT2D eigenvalue weighted by atomic mass is 10.1. The van der Waals surface area contributed by atoms with Crippen LogP contribution >= 0.6 is 0 Å². The van der Waals surface area contributed by atoms with Gasteiger partial charge in [-0.2, -0.15) is 0 Å². The summed E-state index contributed by atoms with van der Waals surface area (Å²) < 4.78 is 5.07. The number of carbonyl (C=O) groups excluding carboxylic acids is 1. The summed E-state index contributed by atoms with van der Waals surface area (Å²) in [6, 6.07) is -0.0172. The van der Waals surface area contributed by atoms with E-state index in [0.29, 0.717) is 19.6 Å². The molecule has 0 saturated carbocycles. The predicted molar refractivity (Wildman–Crippen MR) is 79.1 cm³/mol. The zero-order valence-electron chi connectivity index (χ0n) is 13.0. The first-order valence-corrected chi connectivity index (χ1v) is 7.18. The summed E-state index contributed by atoms with van der Waals surface area (Å²) in [7, 11) is 5.74. The summed E-state index contributed by atoms with van der Waals surface area (Å²) >= 11 is 0. The molecule has 5 nitrogen and oxygen atoms in total. The highest BCUT2D eigenvalue weighted by atomic mass is 16.5. The largest absolute Gasteiger partial charge is 0.383 e. The van der Waals surface area contributed by atoms with Crippen molar-refractivity contribution < 1.29 is 9.53 Å². The standard InChI is InChI=1S/C14H31N3O2/c1-5-7-13(15)12-14(18)17(10-11-19-4)9-6-8-16(2)3/h13H,5-12,15H2,1-4H3. The van der Waals surface area contributed by atoms with E-state index in [1.54, 1.807) is 7.11 Å². The highest BCUT2D eigenvalue weighted by molar-refractivity contribution is 5.76. The molecular weight excluding hydrogens is 242 g/mol. The average Bonchev–Trinajstić information content (AvgIpc) is 2.33. The maximum atomic E-state index is 12.2. The van der Waals surface area contributed by atoms with Crippen LogP contribution in [0.5, 0.6) is 0 Å². The number of ether oxygens (including phenoxy) is 1. The van der Waals surface area contributed by atoms with Gasteiger partial charge in [0.2, 0.25) is 5.91 Å². The second-order valence-electron chi connectivity index (χ2n) is 5.28. The molecule has 0 radical (unpaired) electrons. The third-order valence-electron chi connectivity index (χ3n) is 3.05. The van der Waals surface area contributed by atoms with Gasteiger partial charge in [-0.1, -0.05) is 13.3 Å². The fourth-order valence-corrected chi connectivity index (χ4v) is 1.97. The van der Waals surface area contributed by atoms with Crippen LogP contribution < -0.4 is 5.73 Å². The van der Waals surface area contributed by atoms with Crippen LogP contribution in [0.15, 0.2) is 0 Å². The van der Waals surface area contributed by atoms with E-state index in [2.05, 4.69) is 11.8 Å². The molecule has 0 saturated heterocycles.